The number of rotatable bonds is 6. The van der Waals surface area contributed by atoms with Crippen LogP contribution in [0, 0.1) is 5.92 Å². The Labute approximate surface area is 117 Å². The molecule has 4 heteroatoms. The van der Waals surface area contributed by atoms with Gasteiger partial charge in [0.05, 0.1) is 0 Å². The van der Waals surface area contributed by atoms with Gasteiger partial charge in [0, 0.05) is 23.7 Å². The Morgan fingerprint density at radius 3 is 2.58 bits per heavy atom. The summed E-state index contributed by atoms with van der Waals surface area (Å²) >= 11 is 1.21. The van der Waals surface area contributed by atoms with Gasteiger partial charge in [-0.15, -0.1) is 0 Å². The third kappa shape index (κ3) is 4.33. The maximum absolute atomic E-state index is 11.1. The summed E-state index contributed by atoms with van der Waals surface area (Å²) in [5.74, 6) is 0.624. The van der Waals surface area contributed by atoms with Gasteiger partial charge in [-0.1, -0.05) is 55.5 Å². The summed E-state index contributed by atoms with van der Waals surface area (Å²) in [6, 6.07) is 10.8. The molecule has 1 unspecified atom stereocenters. The van der Waals surface area contributed by atoms with Gasteiger partial charge in [0.1, 0.15) is 0 Å². The van der Waals surface area contributed by atoms with Crippen LogP contribution < -0.4 is 10.2 Å². The molecule has 102 valence electrons. The molecule has 19 heavy (non-hydrogen) atoms. The van der Waals surface area contributed by atoms with E-state index in [9.17, 15) is 4.79 Å². The molecule has 0 spiro atoms. The molecule has 1 atom stereocenters. The van der Waals surface area contributed by atoms with E-state index in [0.717, 1.165) is 12.1 Å². The number of benzene rings is 1. The van der Waals surface area contributed by atoms with Crippen molar-refractivity contribution in [2.45, 2.75) is 32.9 Å². The van der Waals surface area contributed by atoms with Crippen molar-refractivity contribution in [1.29, 1.82) is 0 Å². The molecule has 2 aromatic rings. The van der Waals surface area contributed by atoms with Gasteiger partial charge in [0.15, 0.2) is 0 Å². The van der Waals surface area contributed by atoms with E-state index in [2.05, 4.69) is 48.4 Å². The molecule has 0 amide bonds. The highest BCUT2D eigenvalue weighted by molar-refractivity contribution is 7.07. The number of thiazole rings is 1. The zero-order chi connectivity index (χ0) is 13.7. The fourth-order valence-corrected chi connectivity index (χ4v) is 2.71. The van der Waals surface area contributed by atoms with E-state index >= 15 is 0 Å². The van der Waals surface area contributed by atoms with Gasteiger partial charge in [-0.25, -0.2) is 0 Å². The summed E-state index contributed by atoms with van der Waals surface area (Å²) in [5, 5.41) is 5.42. The largest absolute Gasteiger partial charge is 0.315 e. The highest BCUT2D eigenvalue weighted by Gasteiger charge is 2.12. The number of nitrogens with one attached hydrogen (secondary N) is 2. The molecule has 0 fully saturated rings. The minimum absolute atomic E-state index is 0.0110. The van der Waals surface area contributed by atoms with E-state index in [1.807, 2.05) is 11.4 Å². The Kier molecular flexibility index (Phi) is 4.93. The van der Waals surface area contributed by atoms with Crippen LogP contribution in [0.5, 0.6) is 0 Å². The molecule has 0 radical (unpaired) electrons. The quantitative estimate of drug-likeness (QED) is 0.850. The molecule has 0 saturated carbocycles. The molecule has 0 bridgehead atoms. The van der Waals surface area contributed by atoms with E-state index in [4.69, 9.17) is 0 Å². The van der Waals surface area contributed by atoms with Crippen molar-refractivity contribution in [2.24, 2.45) is 5.92 Å². The lowest BCUT2D eigenvalue weighted by molar-refractivity contribution is 0.427. The normalized spacial score (nSPS) is 12.8. The van der Waals surface area contributed by atoms with Gasteiger partial charge in [0.25, 0.3) is 0 Å². The van der Waals surface area contributed by atoms with Crippen molar-refractivity contribution < 1.29 is 0 Å². The van der Waals surface area contributed by atoms with Crippen LogP contribution in [0.1, 0.15) is 37.6 Å². The standard InChI is InChI=1S/C15H20N2OS/c1-11(2)8-14(12-6-4-3-5-7-12)16-9-13-10-19-15(18)17-13/h3-7,10-11,14,16H,8-9H2,1-2H3,(H,17,18). The predicted octanol–water partition coefficient (Wildman–Crippen LogP) is 3.31. The smallest absolute Gasteiger partial charge is 0.304 e. The molecule has 2 N–H and O–H groups in total. The molecule has 0 aliphatic rings. The van der Waals surface area contributed by atoms with Crippen LogP contribution in [0.4, 0.5) is 0 Å². The Balaban J connectivity index is 2.04. The molecule has 3 nitrogen and oxygen atoms in total. The molecule has 2 rings (SSSR count). The van der Waals surface area contributed by atoms with Gasteiger partial charge in [-0.2, -0.15) is 0 Å². The summed E-state index contributed by atoms with van der Waals surface area (Å²) < 4.78 is 0. The van der Waals surface area contributed by atoms with Crippen molar-refractivity contribution in [1.82, 2.24) is 10.3 Å². The number of H-pyrrole nitrogens is 1. The lowest BCUT2D eigenvalue weighted by Crippen LogP contribution is -2.23. The second kappa shape index (κ2) is 6.68. The third-order valence-electron chi connectivity index (χ3n) is 3.02. The lowest BCUT2D eigenvalue weighted by Gasteiger charge is -2.20. The van der Waals surface area contributed by atoms with Crippen molar-refractivity contribution >= 4 is 11.3 Å². The van der Waals surface area contributed by atoms with E-state index in [1.165, 1.54) is 16.9 Å². The highest BCUT2D eigenvalue weighted by atomic mass is 32.1. The van der Waals surface area contributed by atoms with E-state index in [1.54, 1.807) is 0 Å². The summed E-state index contributed by atoms with van der Waals surface area (Å²) in [5.41, 5.74) is 2.26. The van der Waals surface area contributed by atoms with Crippen LogP contribution in [0.25, 0.3) is 0 Å². The summed E-state index contributed by atoms with van der Waals surface area (Å²) in [6.07, 6.45) is 1.08. The predicted molar refractivity (Wildman–Crippen MR) is 80.4 cm³/mol. The maximum Gasteiger partial charge on any atom is 0.304 e. The summed E-state index contributed by atoms with van der Waals surface area (Å²) in [6.45, 7) is 5.15. The minimum atomic E-state index is 0.0110. The van der Waals surface area contributed by atoms with Crippen molar-refractivity contribution in [2.75, 3.05) is 0 Å². The second-order valence-corrected chi connectivity index (χ2v) is 5.99. The van der Waals surface area contributed by atoms with Crippen LogP contribution in [-0.4, -0.2) is 4.98 Å². The Morgan fingerprint density at radius 2 is 2.00 bits per heavy atom. The van der Waals surface area contributed by atoms with Gasteiger partial charge >= 0.3 is 4.87 Å². The van der Waals surface area contributed by atoms with E-state index in [0.29, 0.717) is 18.5 Å². The third-order valence-corrected chi connectivity index (χ3v) is 3.74. The average molecular weight is 276 g/mol. The number of aromatic amines is 1. The molecule has 1 aromatic heterocycles. The van der Waals surface area contributed by atoms with Crippen LogP contribution >= 0.6 is 11.3 Å². The first-order valence-electron chi connectivity index (χ1n) is 6.60. The molecule has 1 aromatic carbocycles. The molecule has 0 aliphatic carbocycles. The summed E-state index contributed by atoms with van der Waals surface area (Å²) in [4.78, 5) is 14.0. The molecule has 0 aliphatic heterocycles. The Bertz CT molecular complexity index is 545. The van der Waals surface area contributed by atoms with Crippen LogP contribution in [0.2, 0.25) is 0 Å². The number of hydrogen-bond acceptors (Lipinski definition) is 3. The SMILES string of the molecule is CC(C)CC(NCc1csc(=O)[nH]1)c1ccccc1. The van der Waals surface area contributed by atoms with Gasteiger partial charge in [-0.05, 0) is 17.9 Å². The zero-order valence-corrected chi connectivity index (χ0v) is 12.2. The first-order valence-corrected chi connectivity index (χ1v) is 7.48. The first kappa shape index (κ1) is 14.0. The Hall–Kier alpha value is -1.39. The van der Waals surface area contributed by atoms with Crippen LogP contribution in [0.15, 0.2) is 40.5 Å². The minimum Gasteiger partial charge on any atom is -0.315 e. The Morgan fingerprint density at radius 1 is 1.26 bits per heavy atom. The second-order valence-electron chi connectivity index (χ2n) is 5.15. The fourth-order valence-electron chi connectivity index (χ4n) is 2.13. The topological polar surface area (TPSA) is 44.9 Å². The van der Waals surface area contributed by atoms with E-state index in [-0.39, 0.29) is 4.87 Å². The molecular weight excluding hydrogens is 256 g/mol. The van der Waals surface area contributed by atoms with Gasteiger partial charge < -0.3 is 10.3 Å². The van der Waals surface area contributed by atoms with E-state index < -0.39 is 0 Å². The van der Waals surface area contributed by atoms with Gasteiger partial charge in [0.2, 0.25) is 0 Å². The van der Waals surface area contributed by atoms with Crippen LogP contribution in [-0.2, 0) is 6.54 Å². The van der Waals surface area contributed by atoms with Crippen LogP contribution in [0.3, 0.4) is 0 Å². The van der Waals surface area contributed by atoms with Crippen molar-refractivity contribution in [3.8, 4) is 0 Å². The first-order chi connectivity index (χ1) is 9.15. The average Bonchev–Trinajstić information content (AvgIpc) is 2.81. The maximum atomic E-state index is 11.1. The molecule has 0 saturated heterocycles. The lowest BCUT2D eigenvalue weighted by atomic mass is 9.97. The summed E-state index contributed by atoms with van der Waals surface area (Å²) in [7, 11) is 0. The number of aromatic nitrogens is 1. The zero-order valence-electron chi connectivity index (χ0n) is 11.3. The van der Waals surface area contributed by atoms with Crippen molar-refractivity contribution in [3.63, 3.8) is 0 Å². The highest BCUT2D eigenvalue weighted by Crippen LogP contribution is 2.21. The van der Waals surface area contributed by atoms with Gasteiger partial charge in [-0.3, -0.25) is 4.79 Å². The number of hydrogen-bond donors (Lipinski definition) is 2. The molecule has 1 heterocycles. The molecular formula is C15H20N2OS. The monoisotopic (exact) mass is 276 g/mol. The van der Waals surface area contributed by atoms with Crippen molar-refractivity contribution in [3.05, 3.63) is 56.6 Å². The fraction of sp³-hybridized carbons (Fsp3) is 0.400.